The van der Waals surface area contributed by atoms with E-state index in [1.165, 1.54) is 122 Å². The Morgan fingerprint density at radius 3 is 1.68 bits per heavy atom. The summed E-state index contributed by atoms with van der Waals surface area (Å²) in [5.41, 5.74) is 24.0. The highest BCUT2D eigenvalue weighted by molar-refractivity contribution is 6.22. The molecule has 65 heavy (non-hydrogen) atoms. The largest absolute Gasteiger partial charge is 0.341 e. The number of aryl methyl sites for hydroxylation is 3. The van der Waals surface area contributed by atoms with Crippen LogP contribution in [0, 0.1) is 0 Å². The van der Waals surface area contributed by atoms with Gasteiger partial charge in [0.2, 0.25) is 0 Å². The minimum Gasteiger partial charge on any atom is -0.341 e. The Bertz CT molecular complexity index is 3420. The van der Waals surface area contributed by atoms with Crippen molar-refractivity contribution in [3.05, 3.63) is 209 Å². The summed E-state index contributed by atoms with van der Waals surface area (Å²) in [5.74, 6) is 0. The lowest BCUT2D eigenvalue weighted by Crippen LogP contribution is -2.24. The van der Waals surface area contributed by atoms with Gasteiger partial charge in [-0.15, -0.1) is 0 Å². The van der Waals surface area contributed by atoms with Gasteiger partial charge in [0.25, 0.3) is 0 Å². The van der Waals surface area contributed by atoms with Crippen LogP contribution >= 0.6 is 0 Å². The number of benzene rings is 9. The standard InChI is InChI=1S/C63H52N2/c1-63(2)57-20-8-7-19-51(57)54-38-47(29-34-58(54)63)42-23-26-45(27-24-42)61-52-32-30-50(65-36-12-18-44-15-6-10-22-60(44)65)40-56(52)62(48-28-25-41-13-3-4-16-46(41)37-48)53-33-31-49(39-55(53)61)64-35-11-17-43-14-5-9-21-59(43)64/h3,5-10,13-15,19-34,37-40H,4,11-12,16-18,35-36H2,1-2H3. The summed E-state index contributed by atoms with van der Waals surface area (Å²) in [7, 11) is 0. The third-order valence-electron chi connectivity index (χ3n) is 15.3. The molecule has 13 rings (SSSR count). The number of anilines is 4. The predicted molar refractivity (Wildman–Crippen MR) is 276 cm³/mol. The number of hydrogen-bond donors (Lipinski definition) is 0. The number of allylic oxidation sites excluding steroid dienone is 1. The molecule has 0 unspecified atom stereocenters. The van der Waals surface area contributed by atoms with Gasteiger partial charge >= 0.3 is 0 Å². The van der Waals surface area contributed by atoms with Gasteiger partial charge in [0, 0.05) is 41.3 Å². The molecule has 0 radical (unpaired) electrons. The van der Waals surface area contributed by atoms with Crippen LogP contribution in [-0.4, -0.2) is 13.1 Å². The molecule has 0 aromatic heterocycles. The molecule has 0 N–H and O–H groups in total. The summed E-state index contributed by atoms with van der Waals surface area (Å²) in [6, 6.07) is 65.5. The van der Waals surface area contributed by atoms with Crippen LogP contribution in [0.25, 0.3) is 72.1 Å². The fourth-order valence-electron chi connectivity index (χ4n) is 12.1. The monoisotopic (exact) mass is 836 g/mol. The molecule has 0 saturated heterocycles. The van der Waals surface area contributed by atoms with E-state index in [1.807, 2.05) is 0 Å². The van der Waals surface area contributed by atoms with Gasteiger partial charge < -0.3 is 9.80 Å². The van der Waals surface area contributed by atoms with Gasteiger partial charge in [-0.1, -0.05) is 153 Å². The van der Waals surface area contributed by atoms with Gasteiger partial charge in [0.05, 0.1) is 0 Å². The topological polar surface area (TPSA) is 6.48 Å². The van der Waals surface area contributed by atoms with Gasteiger partial charge in [-0.2, -0.15) is 0 Å². The Labute approximate surface area is 383 Å². The van der Waals surface area contributed by atoms with E-state index in [0.29, 0.717) is 0 Å². The van der Waals surface area contributed by atoms with Crippen LogP contribution in [0.15, 0.2) is 176 Å². The molecule has 0 atom stereocenters. The molecular formula is C63H52N2. The van der Waals surface area contributed by atoms with E-state index < -0.39 is 0 Å². The quantitative estimate of drug-likeness (QED) is 0.159. The predicted octanol–water partition coefficient (Wildman–Crippen LogP) is 16.4. The second-order valence-corrected chi connectivity index (χ2v) is 19.3. The van der Waals surface area contributed by atoms with Crippen LogP contribution in [0.1, 0.15) is 66.5 Å². The molecule has 0 amide bonds. The first-order chi connectivity index (χ1) is 32.0. The van der Waals surface area contributed by atoms with E-state index in [2.05, 4.69) is 206 Å². The fraction of sp³-hybridized carbons (Fsp3) is 0.175. The second-order valence-electron chi connectivity index (χ2n) is 19.3. The molecule has 2 heterocycles. The summed E-state index contributed by atoms with van der Waals surface area (Å²) >= 11 is 0. The Morgan fingerprint density at radius 1 is 0.415 bits per heavy atom. The van der Waals surface area contributed by atoms with E-state index in [-0.39, 0.29) is 5.41 Å². The average Bonchev–Trinajstić information content (AvgIpc) is 3.59. The van der Waals surface area contributed by atoms with E-state index in [4.69, 9.17) is 0 Å². The molecule has 2 heteroatoms. The number of para-hydroxylation sites is 2. The van der Waals surface area contributed by atoms with Crippen molar-refractivity contribution in [2.24, 2.45) is 0 Å². The molecule has 4 aliphatic rings. The minimum absolute atomic E-state index is 0.00881. The normalized spacial score (nSPS) is 15.7. The summed E-state index contributed by atoms with van der Waals surface area (Å²) < 4.78 is 0. The third kappa shape index (κ3) is 6.14. The van der Waals surface area contributed by atoms with E-state index >= 15 is 0 Å². The molecule has 0 spiro atoms. The van der Waals surface area contributed by atoms with Crippen LogP contribution in [-0.2, 0) is 24.7 Å². The number of rotatable bonds is 5. The lowest BCUT2D eigenvalue weighted by atomic mass is 9.82. The van der Waals surface area contributed by atoms with E-state index in [9.17, 15) is 0 Å². The second kappa shape index (κ2) is 15.0. The zero-order valence-electron chi connectivity index (χ0n) is 37.4. The highest BCUT2D eigenvalue weighted by Gasteiger charge is 2.35. The van der Waals surface area contributed by atoms with E-state index in [1.54, 1.807) is 0 Å². The van der Waals surface area contributed by atoms with Gasteiger partial charge in [0.1, 0.15) is 0 Å². The van der Waals surface area contributed by atoms with Crippen molar-refractivity contribution in [1.82, 2.24) is 0 Å². The van der Waals surface area contributed by atoms with Gasteiger partial charge in [0.15, 0.2) is 0 Å². The van der Waals surface area contributed by atoms with Crippen molar-refractivity contribution < 1.29 is 0 Å². The van der Waals surface area contributed by atoms with Gasteiger partial charge in [-0.3, -0.25) is 0 Å². The highest BCUT2D eigenvalue weighted by atomic mass is 15.1. The van der Waals surface area contributed by atoms with Crippen LogP contribution < -0.4 is 9.80 Å². The van der Waals surface area contributed by atoms with Crippen LogP contribution in [0.5, 0.6) is 0 Å². The Kier molecular flexibility index (Phi) is 8.82. The van der Waals surface area contributed by atoms with Gasteiger partial charge in [-0.05, 0) is 180 Å². The molecule has 2 nitrogen and oxygen atoms in total. The highest BCUT2D eigenvalue weighted by Crippen LogP contribution is 2.51. The maximum Gasteiger partial charge on any atom is 0.0443 e. The first kappa shape index (κ1) is 38.3. The van der Waals surface area contributed by atoms with Crippen molar-refractivity contribution in [2.75, 3.05) is 22.9 Å². The van der Waals surface area contributed by atoms with Gasteiger partial charge in [-0.25, -0.2) is 0 Å². The first-order valence-corrected chi connectivity index (χ1v) is 23.9. The van der Waals surface area contributed by atoms with E-state index in [0.717, 1.165) is 51.6 Å². The molecule has 9 aromatic rings. The molecule has 2 aliphatic heterocycles. The Balaban J connectivity index is 1.04. The van der Waals surface area contributed by atoms with Crippen molar-refractivity contribution in [3.63, 3.8) is 0 Å². The fourth-order valence-corrected chi connectivity index (χ4v) is 12.1. The summed E-state index contributed by atoms with van der Waals surface area (Å²) in [6.45, 7) is 6.74. The van der Waals surface area contributed by atoms with Crippen molar-refractivity contribution in [2.45, 2.75) is 57.8 Å². The number of hydrogen-bond acceptors (Lipinski definition) is 2. The number of nitrogens with zero attached hydrogens (tertiary/aromatic N) is 2. The van der Waals surface area contributed by atoms with Crippen molar-refractivity contribution in [3.8, 4) is 44.5 Å². The van der Waals surface area contributed by atoms with Crippen LogP contribution in [0.2, 0.25) is 0 Å². The lowest BCUT2D eigenvalue weighted by molar-refractivity contribution is 0.660. The Hall–Kier alpha value is -7.16. The van der Waals surface area contributed by atoms with Crippen LogP contribution in [0.4, 0.5) is 22.7 Å². The maximum absolute atomic E-state index is 2.56. The van der Waals surface area contributed by atoms with Crippen LogP contribution in [0.3, 0.4) is 0 Å². The zero-order valence-corrected chi connectivity index (χ0v) is 37.4. The molecule has 0 bridgehead atoms. The number of fused-ring (bicyclic) bond motifs is 8. The molecule has 2 aliphatic carbocycles. The summed E-state index contributed by atoms with van der Waals surface area (Å²) in [5, 5.41) is 5.19. The molecule has 0 fully saturated rings. The Morgan fingerprint density at radius 2 is 0.985 bits per heavy atom. The molecular weight excluding hydrogens is 785 g/mol. The van der Waals surface area contributed by atoms with Crippen molar-refractivity contribution in [1.29, 1.82) is 0 Å². The average molecular weight is 837 g/mol. The maximum atomic E-state index is 2.56. The molecule has 0 saturated carbocycles. The SMILES string of the molecule is CC1(C)c2ccccc2-c2cc(-c3ccc(-c4c5ccc(N6CCCc7ccccc76)cc5c(-c5ccc6c(c5)CCC=C6)c5ccc(N6CCCc7ccccc76)cc45)cc3)ccc21. The summed E-state index contributed by atoms with van der Waals surface area (Å²) in [6.07, 6.45) is 11.3. The van der Waals surface area contributed by atoms with Crippen molar-refractivity contribution >= 4 is 50.4 Å². The smallest absolute Gasteiger partial charge is 0.0443 e. The zero-order chi connectivity index (χ0) is 43.2. The molecule has 9 aromatic carbocycles. The molecule has 314 valence electrons. The lowest BCUT2D eigenvalue weighted by Gasteiger charge is -2.32. The first-order valence-electron chi connectivity index (χ1n) is 23.9. The third-order valence-corrected chi connectivity index (χ3v) is 15.3. The minimum atomic E-state index is -0.00881. The summed E-state index contributed by atoms with van der Waals surface area (Å²) in [4.78, 5) is 5.12.